The van der Waals surface area contributed by atoms with Gasteiger partial charge in [-0.25, -0.2) is 22.8 Å². The molecule has 2 aromatic carbocycles. The summed E-state index contributed by atoms with van der Waals surface area (Å²) in [5.41, 5.74) is -3.13. The third-order valence-electron chi connectivity index (χ3n) is 5.75. The molecule has 2 amide bonds. The molecule has 2 heterocycles. The lowest BCUT2D eigenvalue weighted by molar-refractivity contribution is 0.0123. The lowest BCUT2D eigenvalue weighted by Crippen LogP contribution is -2.44. The number of hydrogen-bond acceptors (Lipinski definition) is 10. The number of benzene rings is 2. The Morgan fingerprint density at radius 3 is 1.93 bits per heavy atom. The summed E-state index contributed by atoms with van der Waals surface area (Å²) < 4.78 is 92.7. The molecule has 0 spiro atoms. The number of carbonyl (C=O) groups is 2. The van der Waals surface area contributed by atoms with Crippen LogP contribution in [0.4, 0.5) is 37.2 Å². The van der Waals surface area contributed by atoms with Crippen molar-refractivity contribution in [2.45, 2.75) is 84.4 Å². The van der Waals surface area contributed by atoms with Crippen molar-refractivity contribution in [1.29, 1.82) is 0 Å². The fourth-order valence-electron chi connectivity index (χ4n) is 3.87. The summed E-state index contributed by atoms with van der Waals surface area (Å²) in [4.78, 5) is 32.7. The van der Waals surface area contributed by atoms with Crippen LogP contribution in [0.5, 0.6) is 11.5 Å². The van der Waals surface area contributed by atoms with E-state index >= 15 is 0 Å². The highest BCUT2D eigenvalue weighted by Crippen LogP contribution is 2.42. The van der Waals surface area contributed by atoms with Crippen LogP contribution in [0.15, 0.2) is 21.8 Å². The van der Waals surface area contributed by atoms with Crippen LogP contribution in [0.1, 0.15) is 67.5 Å². The molecule has 1 aliphatic heterocycles. The van der Waals surface area contributed by atoms with Crippen molar-refractivity contribution in [3.8, 4) is 11.5 Å². The molecule has 0 saturated carbocycles. The van der Waals surface area contributed by atoms with Crippen LogP contribution in [-0.4, -0.2) is 39.2 Å². The summed E-state index contributed by atoms with van der Waals surface area (Å²) in [5, 5.41) is 8.91. The molecule has 0 aliphatic carbocycles. The van der Waals surface area contributed by atoms with Crippen LogP contribution in [0.25, 0.3) is 11.0 Å². The molecular formula is C29H30F5N3O7S. The average Bonchev–Trinajstić information content (AvgIpc) is 3.46. The first kappa shape index (κ1) is 33.8. The number of halogens is 5. The van der Waals surface area contributed by atoms with Gasteiger partial charge >= 0.3 is 12.2 Å². The number of carbonyl (C=O) groups excluding carboxylic acids is 2. The van der Waals surface area contributed by atoms with E-state index in [1.807, 2.05) is 13.8 Å². The molecule has 0 saturated heterocycles. The number of oxime groups is 1. The number of fused-ring (bicyclic) bond motifs is 1. The maximum atomic E-state index is 14.7. The Hall–Kier alpha value is -4.08. The maximum Gasteiger partial charge on any atom is 0.424 e. The molecule has 0 unspecified atom stereocenters. The van der Waals surface area contributed by atoms with Crippen LogP contribution in [0.3, 0.4) is 0 Å². The van der Waals surface area contributed by atoms with Crippen molar-refractivity contribution >= 4 is 45.6 Å². The SMILES string of the molecule is CC(C)(C)OC(=O)N(C(=O)OC(C)(C)C)c1cc2c(CSC3=NOC(C)(C)C3)noc2cc1Oc1c(F)c(F)c(F)c(F)c1F. The number of rotatable bonds is 5. The third kappa shape index (κ3) is 7.60. The number of aromatic nitrogens is 1. The third-order valence-corrected chi connectivity index (χ3v) is 6.72. The Labute approximate surface area is 258 Å². The number of ether oxygens (including phenoxy) is 3. The Balaban J connectivity index is 1.90. The second-order valence-corrected chi connectivity index (χ2v) is 13.6. The highest BCUT2D eigenvalue weighted by molar-refractivity contribution is 8.13. The first-order valence-corrected chi connectivity index (χ1v) is 14.4. The van der Waals surface area contributed by atoms with E-state index in [0.29, 0.717) is 22.1 Å². The first-order chi connectivity index (χ1) is 20.7. The van der Waals surface area contributed by atoms with E-state index in [1.54, 1.807) is 0 Å². The topological polar surface area (TPSA) is 113 Å². The van der Waals surface area contributed by atoms with Gasteiger partial charge in [0, 0.05) is 23.6 Å². The fraction of sp³-hybridized carbons (Fsp3) is 0.448. The van der Waals surface area contributed by atoms with Crippen molar-refractivity contribution < 1.29 is 55.1 Å². The van der Waals surface area contributed by atoms with E-state index in [9.17, 15) is 31.5 Å². The van der Waals surface area contributed by atoms with Gasteiger partial charge in [0.1, 0.15) is 33.2 Å². The largest absolute Gasteiger partial charge is 0.449 e. The second-order valence-electron chi connectivity index (χ2n) is 12.5. The highest BCUT2D eigenvalue weighted by atomic mass is 32.2. The van der Waals surface area contributed by atoms with Gasteiger partial charge < -0.3 is 23.6 Å². The lowest BCUT2D eigenvalue weighted by Gasteiger charge is -2.29. The summed E-state index contributed by atoms with van der Waals surface area (Å²) >= 11 is 1.27. The van der Waals surface area contributed by atoms with E-state index in [-0.39, 0.29) is 16.7 Å². The van der Waals surface area contributed by atoms with E-state index in [0.717, 1.165) is 12.1 Å². The zero-order valence-electron chi connectivity index (χ0n) is 25.6. The minimum Gasteiger partial charge on any atom is -0.449 e. The van der Waals surface area contributed by atoms with Crippen molar-refractivity contribution in [3.63, 3.8) is 0 Å². The number of hydrogen-bond donors (Lipinski definition) is 0. The van der Waals surface area contributed by atoms with Crippen molar-refractivity contribution in [3.05, 3.63) is 46.9 Å². The molecule has 4 rings (SSSR count). The van der Waals surface area contributed by atoms with Gasteiger partial charge in [0.2, 0.25) is 34.8 Å². The molecule has 16 heteroatoms. The molecule has 3 aromatic rings. The van der Waals surface area contributed by atoms with Crippen LogP contribution >= 0.6 is 11.8 Å². The zero-order chi connectivity index (χ0) is 33.6. The van der Waals surface area contributed by atoms with Crippen LogP contribution < -0.4 is 9.64 Å². The quantitative estimate of drug-likeness (QED) is 0.151. The van der Waals surface area contributed by atoms with Gasteiger partial charge in [0.25, 0.3) is 0 Å². The van der Waals surface area contributed by atoms with Crippen LogP contribution in [-0.2, 0) is 20.1 Å². The molecule has 10 nitrogen and oxygen atoms in total. The number of thioether (sulfide) groups is 1. The van der Waals surface area contributed by atoms with E-state index in [4.69, 9.17) is 23.6 Å². The monoisotopic (exact) mass is 659 g/mol. The number of imide groups is 1. The summed E-state index contributed by atoms with van der Waals surface area (Å²) in [6, 6.07) is 2.14. The van der Waals surface area contributed by atoms with Gasteiger partial charge in [-0.05, 0) is 61.5 Å². The first-order valence-electron chi connectivity index (χ1n) is 13.4. The number of anilines is 1. The summed E-state index contributed by atoms with van der Waals surface area (Å²) in [6.45, 7) is 12.8. The highest BCUT2D eigenvalue weighted by Gasteiger charge is 2.37. The van der Waals surface area contributed by atoms with Gasteiger partial charge in [-0.3, -0.25) is 0 Å². The van der Waals surface area contributed by atoms with Crippen LogP contribution in [0, 0.1) is 29.1 Å². The minimum absolute atomic E-state index is 0.0773. The molecule has 0 N–H and O–H groups in total. The standard InChI is InChI=1S/C29H30F5N3O7S/c1-27(2,3)41-25(38)37(26(39)42-28(4,5)6)15-9-13-14(12-45-18-11-29(7,8)44-36-18)35-43-16(13)10-17(15)40-24-22(33)20(31)19(30)21(32)23(24)34/h9-10H,11-12H2,1-8H3. The Kier molecular flexibility index (Phi) is 9.03. The predicted molar refractivity (Wildman–Crippen MR) is 154 cm³/mol. The number of amides is 2. The Morgan fingerprint density at radius 1 is 0.911 bits per heavy atom. The van der Waals surface area contributed by atoms with Crippen molar-refractivity contribution in [2.24, 2.45) is 5.16 Å². The van der Waals surface area contributed by atoms with Crippen LogP contribution in [0.2, 0.25) is 0 Å². The van der Waals surface area contributed by atoms with Gasteiger partial charge in [-0.1, -0.05) is 10.3 Å². The minimum atomic E-state index is -2.41. The second kappa shape index (κ2) is 12.0. The summed E-state index contributed by atoms with van der Waals surface area (Å²) in [6.07, 6.45) is -2.08. The Bertz CT molecular complexity index is 1640. The van der Waals surface area contributed by atoms with E-state index in [1.165, 1.54) is 53.3 Å². The van der Waals surface area contributed by atoms with Crippen molar-refractivity contribution in [2.75, 3.05) is 4.90 Å². The zero-order valence-corrected chi connectivity index (χ0v) is 26.4. The Morgan fingerprint density at radius 2 is 1.44 bits per heavy atom. The summed E-state index contributed by atoms with van der Waals surface area (Å²) in [7, 11) is 0. The average molecular weight is 660 g/mol. The number of nitrogens with zero attached hydrogens (tertiary/aromatic N) is 3. The molecule has 0 radical (unpaired) electrons. The van der Waals surface area contributed by atoms with Gasteiger partial charge in [-0.15, -0.1) is 11.8 Å². The molecule has 244 valence electrons. The predicted octanol–water partition coefficient (Wildman–Crippen LogP) is 8.74. The summed E-state index contributed by atoms with van der Waals surface area (Å²) in [5.74, 6) is -13.8. The molecule has 1 aromatic heterocycles. The molecule has 0 bridgehead atoms. The smallest absolute Gasteiger partial charge is 0.424 e. The van der Waals surface area contributed by atoms with Gasteiger partial charge in [-0.2, -0.15) is 13.7 Å². The molecule has 45 heavy (non-hydrogen) atoms. The molecule has 0 atom stereocenters. The van der Waals surface area contributed by atoms with Gasteiger partial charge in [0.05, 0.1) is 0 Å². The van der Waals surface area contributed by atoms with E-state index in [2.05, 4.69) is 10.3 Å². The normalized spacial score (nSPS) is 14.6. The van der Waals surface area contributed by atoms with Gasteiger partial charge in [0.15, 0.2) is 11.3 Å². The molecular weight excluding hydrogens is 629 g/mol. The van der Waals surface area contributed by atoms with Crippen molar-refractivity contribution in [1.82, 2.24) is 5.16 Å². The van der Waals surface area contributed by atoms with E-state index < -0.39 is 75.3 Å². The molecule has 0 fully saturated rings. The lowest BCUT2D eigenvalue weighted by atomic mass is 10.1. The maximum absolute atomic E-state index is 14.7. The fourth-order valence-corrected chi connectivity index (χ4v) is 4.92. The molecule has 1 aliphatic rings.